The van der Waals surface area contributed by atoms with Gasteiger partial charge in [-0.25, -0.2) is 22.5 Å². The number of nitrogens with one attached hydrogen (secondary N) is 1. The Morgan fingerprint density at radius 1 is 1.12 bits per heavy atom. The molecule has 0 saturated carbocycles. The van der Waals surface area contributed by atoms with E-state index in [1.165, 1.54) is 18.2 Å². The number of alkyl halides is 3. The van der Waals surface area contributed by atoms with Crippen LogP contribution in [0, 0.1) is 5.82 Å². The van der Waals surface area contributed by atoms with Crippen LogP contribution >= 0.6 is 0 Å². The maximum absolute atomic E-state index is 12.9. The Balaban J connectivity index is 1.66. The van der Waals surface area contributed by atoms with Gasteiger partial charge in [0.15, 0.2) is 0 Å². The van der Waals surface area contributed by atoms with Crippen molar-refractivity contribution in [1.29, 1.82) is 0 Å². The lowest BCUT2D eigenvalue weighted by Crippen LogP contribution is -2.37. The van der Waals surface area contributed by atoms with E-state index in [1.54, 1.807) is 4.90 Å². The monoisotopic (exact) mass is 389 g/mol. The van der Waals surface area contributed by atoms with E-state index in [4.69, 9.17) is 0 Å². The molecule has 0 amide bonds. The fourth-order valence-electron chi connectivity index (χ4n) is 2.71. The van der Waals surface area contributed by atoms with Crippen LogP contribution in [0.15, 0.2) is 47.5 Å². The van der Waals surface area contributed by atoms with Crippen molar-refractivity contribution in [2.45, 2.75) is 23.5 Å². The second kappa shape index (κ2) is 6.84. The van der Waals surface area contributed by atoms with Crippen LogP contribution in [0.25, 0.3) is 0 Å². The molecule has 0 radical (unpaired) electrons. The number of hydrogen-bond donors (Lipinski definition) is 1. The fraction of sp³-hybridized carbons (Fsp3) is 0.312. The van der Waals surface area contributed by atoms with Gasteiger partial charge in [-0.05, 0) is 42.8 Å². The van der Waals surface area contributed by atoms with E-state index in [-0.39, 0.29) is 11.4 Å². The third-order valence-corrected chi connectivity index (χ3v) is 5.57. The molecule has 1 unspecified atom stereocenters. The minimum absolute atomic E-state index is 0.0509. The number of nitrogens with zero attached hydrogens (tertiary/aromatic N) is 2. The van der Waals surface area contributed by atoms with Crippen molar-refractivity contribution < 1.29 is 26.0 Å². The van der Waals surface area contributed by atoms with E-state index in [1.807, 2.05) is 0 Å². The summed E-state index contributed by atoms with van der Waals surface area (Å²) >= 11 is 0. The molecular weight excluding hydrogens is 374 g/mol. The first-order chi connectivity index (χ1) is 12.1. The van der Waals surface area contributed by atoms with Gasteiger partial charge in [-0.1, -0.05) is 0 Å². The van der Waals surface area contributed by atoms with Gasteiger partial charge >= 0.3 is 6.18 Å². The summed E-state index contributed by atoms with van der Waals surface area (Å²) in [6.45, 7) is 0.730. The number of hydrogen-bond acceptors (Lipinski definition) is 4. The van der Waals surface area contributed by atoms with Gasteiger partial charge in [-0.15, -0.1) is 0 Å². The molecule has 1 aromatic heterocycles. The summed E-state index contributed by atoms with van der Waals surface area (Å²) in [5.74, 6) is -0.189. The molecule has 1 fully saturated rings. The molecule has 1 atom stereocenters. The Hall–Kier alpha value is -2.20. The Morgan fingerprint density at radius 3 is 2.38 bits per heavy atom. The molecule has 2 heterocycles. The zero-order valence-electron chi connectivity index (χ0n) is 13.4. The number of aromatic nitrogens is 1. The molecule has 1 aliphatic rings. The molecular formula is C16H15F4N3O2S. The quantitative estimate of drug-likeness (QED) is 0.817. The minimum Gasteiger partial charge on any atom is -0.355 e. The summed E-state index contributed by atoms with van der Waals surface area (Å²) in [6, 6.07) is 6.24. The van der Waals surface area contributed by atoms with Crippen molar-refractivity contribution >= 4 is 15.8 Å². The highest BCUT2D eigenvalue weighted by molar-refractivity contribution is 7.89. The minimum atomic E-state index is -4.45. The second-order valence-corrected chi connectivity index (χ2v) is 7.62. The highest BCUT2D eigenvalue weighted by Crippen LogP contribution is 2.30. The van der Waals surface area contributed by atoms with Crippen LogP contribution < -0.4 is 9.62 Å². The van der Waals surface area contributed by atoms with Crippen LogP contribution in [0.1, 0.15) is 12.0 Å². The van der Waals surface area contributed by atoms with Crippen LogP contribution in [0.2, 0.25) is 0 Å². The highest BCUT2D eigenvalue weighted by atomic mass is 32.2. The Bertz CT molecular complexity index is 868. The van der Waals surface area contributed by atoms with Crippen molar-refractivity contribution in [3.05, 3.63) is 54.0 Å². The smallest absolute Gasteiger partial charge is 0.355 e. The lowest BCUT2D eigenvalue weighted by atomic mass is 10.3. The van der Waals surface area contributed by atoms with E-state index in [0.717, 1.165) is 24.4 Å². The molecule has 0 spiro atoms. The lowest BCUT2D eigenvalue weighted by molar-refractivity contribution is -0.137. The van der Waals surface area contributed by atoms with Crippen LogP contribution in [0.5, 0.6) is 0 Å². The number of rotatable bonds is 4. The van der Waals surface area contributed by atoms with Crippen molar-refractivity contribution in [2.75, 3.05) is 18.0 Å². The van der Waals surface area contributed by atoms with Gasteiger partial charge in [0.1, 0.15) is 11.6 Å². The highest BCUT2D eigenvalue weighted by Gasteiger charge is 2.32. The molecule has 3 rings (SSSR count). The lowest BCUT2D eigenvalue weighted by Gasteiger charge is -2.18. The third kappa shape index (κ3) is 4.13. The summed E-state index contributed by atoms with van der Waals surface area (Å²) in [4.78, 5) is 5.47. The standard InChI is InChI=1S/C16H15F4N3O2S/c17-12-2-4-14(5-3-12)26(24,25)22-13-7-8-23(10-13)15-6-1-11(9-21-15)16(18,19)20/h1-6,9,13,22H,7-8,10H2. The molecule has 2 aromatic rings. The number of pyridine rings is 1. The molecule has 26 heavy (non-hydrogen) atoms. The molecule has 1 aliphatic heterocycles. The molecule has 10 heteroatoms. The summed E-state index contributed by atoms with van der Waals surface area (Å²) in [5, 5.41) is 0. The molecule has 5 nitrogen and oxygen atoms in total. The van der Waals surface area contributed by atoms with Crippen LogP contribution in [0.3, 0.4) is 0 Å². The van der Waals surface area contributed by atoms with Crippen LogP contribution in [-0.4, -0.2) is 32.5 Å². The second-order valence-electron chi connectivity index (χ2n) is 5.91. The van der Waals surface area contributed by atoms with E-state index < -0.39 is 33.6 Å². The average molecular weight is 389 g/mol. The van der Waals surface area contributed by atoms with E-state index in [9.17, 15) is 26.0 Å². The maximum Gasteiger partial charge on any atom is 0.417 e. The molecule has 1 N–H and O–H groups in total. The SMILES string of the molecule is O=S(=O)(NC1CCN(c2ccc(C(F)(F)F)cn2)C1)c1ccc(F)cc1. The first-order valence-corrected chi connectivity index (χ1v) is 9.19. The topological polar surface area (TPSA) is 62.3 Å². The van der Waals surface area contributed by atoms with Crippen LogP contribution in [-0.2, 0) is 16.2 Å². The zero-order valence-corrected chi connectivity index (χ0v) is 14.2. The van der Waals surface area contributed by atoms with E-state index >= 15 is 0 Å². The maximum atomic E-state index is 12.9. The van der Waals surface area contributed by atoms with E-state index in [0.29, 0.717) is 18.8 Å². The zero-order chi connectivity index (χ0) is 18.9. The summed E-state index contributed by atoms with van der Waals surface area (Å²) in [6.07, 6.45) is -3.22. The molecule has 140 valence electrons. The van der Waals surface area contributed by atoms with Gasteiger partial charge < -0.3 is 4.90 Å². The van der Waals surface area contributed by atoms with Gasteiger partial charge in [-0.2, -0.15) is 13.2 Å². The predicted octanol–water partition coefficient (Wildman–Crippen LogP) is 2.80. The average Bonchev–Trinajstić information content (AvgIpc) is 3.02. The van der Waals surface area contributed by atoms with Gasteiger partial charge in [0.25, 0.3) is 0 Å². The number of anilines is 1. The summed E-state index contributed by atoms with van der Waals surface area (Å²) < 4.78 is 77.8. The van der Waals surface area contributed by atoms with E-state index in [2.05, 4.69) is 9.71 Å². The van der Waals surface area contributed by atoms with Crippen LogP contribution in [0.4, 0.5) is 23.4 Å². The van der Waals surface area contributed by atoms with Crippen molar-refractivity contribution in [2.24, 2.45) is 0 Å². The Morgan fingerprint density at radius 2 is 1.81 bits per heavy atom. The Kier molecular flexibility index (Phi) is 4.89. The molecule has 0 bridgehead atoms. The first-order valence-electron chi connectivity index (χ1n) is 7.71. The Labute approximate surface area is 147 Å². The normalized spacial score (nSPS) is 18.3. The van der Waals surface area contributed by atoms with Crippen molar-refractivity contribution in [1.82, 2.24) is 9.71 Å². The fourth-order valence-corrected chi connectivity index (χ4v) is 3.97. The largest absolute Gasteiger partial charge is 0.417 e. The van der Waals surface area contributed by atoms with Gasteiger partial charge in [0.2, 0.25) is 10.0 Å². The predicted molar refractivity (Wildman–Crippen MR) is 86.6 cm³/mol. The third-order valence-electron chi connectivity index (χ3n) is 4.03. The van der Waals surface area contributed by atoms with Crippen molar-refractivity contribution in [3.8, 4) is 0 Å². The van der Waals surface area contributed by atoms with Gasteiger partial charge in [-0.3, -0.25) is 0 Å². The molecule has 0 aliphatic carbocycles. The molecule has 1 saturated heterocycles. The number of benzene rings is 1. The van der Waals surface area contributed by atoms with Gasteiger partial charge in [0.05, 0.1) is 10.5 Å². The number of sulfonamides is 1. The van der Waals surface area contributed by atoms with Crippen molar-refractivity contribution in [3.63, 3.8) is 0 Å². The summed E-state index contributed by atoms with van der Waals surface area (Å²) in [7, 11) is -3.80. The number of halogens is 4. The van der Waals surface area contributed by atoms with Gasteiger partial charge in [0, 0.05) is 25.3 Å². The molecule has 1 aromatic carbocycles. The summed E-state index contributed by atoms with van der Waals surface area (Å²) in [5.41, 5.74) is -0.839. The first kappa shape index (κ1) is 18.6.